The molecule has 1 heterocycles. The third kappa shape index (κ3) is 5.99. The molecule has 0 atom stereocenters. The molecule has 33 heavy (non-hydrogen) atoms. The quantitative estimate of drug-likeness (QED) is 0.307. The van der Waals surface area contributed by atoms with Crippen LogP contribution in [0.5, 0.6) is 5.75 Å². The Labute approximate surface area is 207 Å². The molecule has 3 aromatic carbocycles. The summed E-state index contributed by atoms with van der Waals surface area (Å²) in [5, 5.41) is 0.839. The van der Waals surface area contributed by atoms with Gasteiger partial charge in [-0.15, -0.1) is 0 Å². The van der Waals surface area contributed by atoms with Gasteiger partial charge >= 0.3 is 0 Å². The largest absolute Gasteiger partial charge is 0.488 e. The average molecular weight is 498 g/mol. The zero-order chi connectivity index (χ0) is 23.2. The van der Waals surface area contributed by atoms with Crippen LogP contribution in [0.2, 0.25) is 10.0 Å². The molecule has 0 saturated carbocycles. The van der Waals surface area contributed by atoms with Crippen molar-refractivity contribution in [2.75, 3.05) is 6.54 Å². The minimum absolute atomic E-state index is 0.245. The van der Waals surface area contributed by atoms with Gasteiger partial charge in [0.1, 0.15) is 12.4 Å². The zero-order valence-corrected chi connectivity index (χ0v) is 20.0. The second-order valence-electron chi connectivity index (χ2n) is 7.48. The molecule has 0 bridgehead atoms. The van der Waals surface area contributed by atoms with Crippen LogP contribution in [-0.4, -0.2) is 22.6 Å². The molecular formula is C26H21Cl2NO3S. The Hall–Kier alpha value is -2.73. The molecule has 0 N–H and O–H groups in total. The van der Waals surface area contributed by atoms with E-state index in [-0.39, 0.29) is 17.8 Å². The number of benzene rings is 3. The molecule has 0 unspecified atom stereocenters. The first-order valence-corrected chi connectivity index (χ1v) is 12.0. The molecule has 4 nitrogen and oxygen atoms in total. The van der Waals surface area contributed by atoms with E-state index in [0.717, 1.165) is 35.7 Å². The third-order valence-corrected chi connectivity index (χ3v) is 6.66. The molecule has 1 aliphatic heterocycles. The lowest BCUT2D eigenvalue weighted by atomic mass is 10.1. The maximum absolute atomic E-state index is 12.9. The molecule has 3 aromatic rings. The number of imide groups is 1. The molecule has 7 heteroatoms. The number of amides is 2. The first kappa shape index (κ1) is 23.4. The van der Waals surface area contributed by atoms with Gasteiger partial charge in [-0.25, -0.2) is 0 Å². The lowest BCUT2D eigenvalue weighted by molar-refractivity contribution is -0.122. The van der Waals surface area contributed by atoms with E-state index in [1.54, 1.807) is 18.2 Å². The molecule has 1 saturated heterocycles. The molecular weight excluding hydrogens is 477 g/mol. The first-order chi connectivity index (χ1) is 16.0. The van der Waals surface area contributed by atoms with Crippen LogP contribution in [0.15, 0.2) is 77.7 Å². The number of hydrogen-bond donors (Lipinski definition) is 0. The summed E-state index contributed by atoms with van der Waals surface area (Å²) in [6.07, 6.45) is 3.24. The highest BCUT2D eigenvalue weighted by molar-refractivity contribution is 8.18. The summed E-state index contributed by atoms with van der Waals surface area (Å²) >= 11 is 13.2. The maximum Gasteiger partial charge on any atom is 0.293 e. The fourth-order valence-electron chi connectivity index (χ4n) is 3.45. The van der Waals surface area contributed by atoms with E-state index in [0.29, 0.717) is 27.2 Å². The lowest BCUT2D eigenvalue weighted by Gasteiger charge is -2.12. The summed E-state index contributed by atoms with van der Waals surface area (Å²) in [7, 11) is 0. The van der Waals surface area contributed by atoms with Gasteiger partial charge in [0, 0.05) is 27.7 Å². The van der Waals surface area contributed by atoms with E-state index in [1.807, 2.05) is 60.7 Å². The SMILES string of the molecule is O=C1S/C(=C/c2ccccc2OCc2ccc(Cl)cc2Cl)C(=O)N1CCCc1ccccc1. The fraction of sp³-hybridized carbons (Fsp3) is 0.154. The van der Waals surface area contributed by atoms with E-state index >= 15 is 0 Å². The molecule has 0 aliphatic carbocycles. The number of thioether (sulfide) groups is 1. The number of aryl methyl sites for hydroxylation is 1. The second kappa shape index (κ2) is 10.9. The van der Waals surface area contributed by atoms with Gasteiger partial charge in [0.05, 0.1) is 4.91 Å². The smallest absolute Gasteiger partial charge is 0.293 e. The Bertz CT molecular complexity index is 1200. The summed E-state index contributed by atoms with van der Waals surface area (Å²) in [5.74, 6) is 0.327. The first-order valence-electron chi connectivity index (χ1n) is 10.5. The molecule has 2 amide bonds. The van der Waals surface area contributed by atoms with Crippen LogP contribution >= 0.6 is 35.0 Å². The van der Waals surface area contributed by atoms with Gasteiger partial charge in [0.15, 0.2) is 0 Å². The Kier molecular flexibility index (Phi) is 7.76. The van der Waals surface area contributed by atoms with Gasteiger partial charge in [-0.05, 0) is 54.4 Å². The van der Waals surface area contributed by atoms with Crippen LogP contribution < -0.4 is 4.74 Å². The van der Waals surface area contributed by atoms with Crippen molar-refractivity contribution in [2.45, 2.75) is 19.4 Å². The van der Waals surface area contributed by atoms with Crippen LogP contribution in [0.25, 0.3) is 6.08 Å². The Balaban J connectivity index is 1.43. The molecule has 1 fully saturated rings. The van der Waals surface area contributed by atoms with Crippen molar-refractivity contribution in [1.29, 1.82) is 0 Å². The summed E-state index contributed by atoms with van der Waals surface area (Å²) < 4.78 is 5.97. The second-order valence-corrected chi connectivity index (χ2v) is 9.32. The number of ether oxygens (including phenoxy) is 1. The van der Waals surface area contributed by atoms with Crippen LogP contribution in [0, 0.1) is 0 Å². The highest BCUT2D eigenvalue weighted by atomic mass is 35.5. The minimum atomic E-state index is -0.270. The number of carbonyl (C=O) groups excluding carboxylic acids is 2. The fourth-order valence-corrected chi connectivity index (χ4v) is 4.76. The molecule has 0 spiro atoms. The van der Waals surface area contributed by atoms with Gasteiger partial charge in [0.25, 0.3) is 11.1 Å². The van der Waals surface area contributed by atoms with Crippen molar-refractivity contribution in [3.8, 4) is 5.75 Å². The molecule has 0 aromatic heterocycles. The van der Waals surface area contributed by atoms with Gasteiger partial charge in [-0.1, -0.05) is 77.8 Å². The van der Waals surface area contributed by atoms with Crippen LogP contribution in [0.3, 0.4) is 0 Å². The van der Waals surface area contributed by atoms with Crippen LogP contribution in [-0.2, 0) is 17.8 Å². The number of nitrogens with zero attached hydrogens (tertiary/aromatic N) is 1. The van der Waals surface area contributed by atoms with Crippen molar-refractivity contribution in [2.24, 2.45) is 0 Å². The predicted molar refractivity (Wildman–Crippen MR) is 135 cm³/mol. The van der Waals surface area contributed by atoms with Crippen molar-refractivity contribution >= 4 is 52.2 Å². The Morgan fingerprint density at radius 3 is 2.48 bits per heavy atom. The summed E-state index contributed by atoms with van der Waals surface area (Å²) in [4.78, 5) is 27.0. The standard InChI is InChI=1S/C26H21Cl2NO3S/c27-21-13-12-20(22(28)16-21)17-32-23-11-5-4-10-19(23)15-24-25(30)29(26(31)33-24)14-6-9-18-7-2-1-3-8-18/h1-5,7-8,10-13,15-16H,6,9,14,17H2/b24-15+. The minimum Gasteiger partial charge on any atom is -0.488 e. The van der Waals surface area contributed by atoms with E-state index < -0.39 is 0 Å². The Morgan fingerprint density at radius 1 is 0.939 bits per heavy atom. The van der Waals surface area contributed by atoms with E-state index in [4.69, 9.17) is 27.9 Å². The number of para-hydroxylation sites is 1. The molecule has 1 aliphatic rings. The molecule has 4 rings (SSSR count). The lowest BCUT2D eigenvalue weighted by Crippen LogP contribution is -2.29. The van der Waals surface area contributed by atoms with Crippen molar-refractivity contribution in [3.63, 3.8) is 0 Å². The van der Waals surface area contributed by atoms with Crippen LogP contribution in [0.4, 0.5) is 4.79 Å². The highest BCUT2D eigenvalue weighted by Crippen LogP contribution is 2.34. The maximum atomic E-state index is 12.9. The van der Waals surface area contributed by atoms with E-state index in [9.17, 15) is 9.59 Å². The van der Waals surface area contributed by atoms with Gasteiger partial charge in [0.2, 0.25) is 0 Å². The van der Waals surface area contributed by atoms with Gasteiger partial charge in [-0.2, -0.15) is 0 Å². The average Bonchev–Trinajstić information content (AvgIpc) is 3.07. The van der Waals surface area contributed by atoms with E-state index in [2.05, 4.69) is 0 Å². The summed E-state index contributed by atoms with van der Waals surface area (Å²) in [5.41, 5.74) is 2.71. The number of rotatable bonds is 8. The molecule has 0 radical (unpaired) electrons. The van der Waals surface area contributed by atoms with Crippen molar-refractivity contribution in [3.05, 3.63) is 104 Å². The topological polar surface area (TPSA) is 46.6 Å². The zero-order valence-electron chi connectivity index (χ0n) is 17.7. The predicted octanol–water partition coefficient (Wildman–Crippen LogP) is 7.24. The molecule has 168 valence electrons. The Morgan fingerprint density at radius 2 is 1.70 bits per heavy atom. The van der Waals surface area contributed by atoms with Gasteiger partial charge < -0.3 is 4.74 Å². The normalized spacial score (nSPS) is 14.8. The monoisotopic (exact) mass is 497 g/mol. The number of carbonyl (C=O) groups is 2. The van der Waals surface area contributed by atoms with Gasteiger partial charge in [-0.3, -0.25) is 14.5 Å². The van der Waals surface area contributed by atoms with Crippen molar-refractivity contribution < 1.29 is 14.3 Å². The highest BCUT2D eigenvalue weighted by Gasteiger charge is 2.34. The summed E-state index contributed by atoms with van der Waals surface area (Å²) in [6, 6.07) is 22.6. The number of halogens is 2. The van der Waals surface area contributed by atoms with Crippen molar-refractivity contribution in [1.82, 2.24) is 4.90 Å². The van der Waals surface area contributed by atoms with Crippen LogP contribution in [0.1, 0.15) is 23.1 Å². The number of hydrogen-bond acceptors (Lipinski definition) is 4. The summed E-state index contributed by atoms with van der Waals surface area (Å²) in [6.45, 7) is 0.645. The third-order valence-electron chi connectivity index (χ3n) is 5.17. The van der Waals surface area contributed by atoms with E-state index in [1.165, 1.54) is 10.5 Å².